The summed E-state index contributed by atoms with van der Waals surface area (Å²) in [6, 6.07) is 17.6. The zero-order valence-electron chi connectivity index (χ0n) is 22.4. The Balaban J connectivity index is 1.39. The van der Waals surface area contributed by atoms with Crippen LogP contribution in [0.25, 0.3) is 10.8 Å². The molecule has 1 fully saturated rings. The fourth-order valence-corrected chi connectivity index (χ4v) is 4.43. The number of likely N-dealkylation sites (N-methyl/N-ethyl adjacent to an activating group) is 1. The molecule has 0 aromatic heterocycles. The van der Waals surface area contributed by atoms with Gasteiger partial charge >= 0.3 is 6.03 Å². The lowest BCUT2D eigenvalue weighted by molar-refractivity contribution is -0.139. The number of hydrogen-bond acceptors (Lipinski definition) is 6. The molecule has 0 saturated carbocycles. The second-order valence-corrected chi connectivity index (χ2v) is 9.33. The van der Waals surface area contributed by atoms with Gasteiger partial charge in [0.05, 0.1) is 19.8 Å². The van der Waals surface area contributed by atoms with Crippen molar-refractivity contribution in [1.29, 1.82) is 0 Å². The van der Waals surface area contributed by atoms with E-state index in [1.54, 1.807) is 31.2 Å². The average Bonchev–Trinajstić information content (AvgIpc) is 3.13. The van der Waals surface area contributed by atoms with Gasteiger partial charge in [-0.15, -0.1) is 0 Å². The Morgan fingerprint density at radius 1 is 0.949 bits per heavy atom. The highest BCUT2D eigenvalue weighted by atomic mass is 16.5. The van der Waals surface area contributed by atoms with Crippen LogP contribution in [-0.2, 0) is 19.9 Å². The molecule has 4 rings (SSSR count). The maximum Gasteiger partial charge on any atom is 0.325 e. The van der Waals surface area contributed by atoms with Crippen LogP contribution in [0, 0.1) is 0 Å². The number of carbonyl (C=O) groups excluding carboxylic acids is 4. The molecule has 0 unspecified atom stereocenters. The van der Waals surface area contributed by atoms with Crippen molar-refractivity contribution in [2.24, 2.45) is 0 Å². The molecule has 1 saturated heterocycles. The van der Waals surface area contributed by atoms with Crippen LogP contribution in [0.2, 0.25) is 0 Å². The van der Waals surface area contributed by atoms with Crippen LogP contribution in [0.1, 0.15) is 26.3 Å². The molecule has 2 N–H and O–H groups in total. The molecule has 1 aliphatic rings. The fourth-order valence-electron chi connectivity index (χ4n) is 4.43. The van der Waals surface area contributed by atoms with Gasteiger partial charge in [0, 0.05) is 18.8 Å². The quantitative estimate of drug-likeness (QED) is 0.386. The van der Waals surface area contributed by atoms with E-state index in [1.807, 2.05) is 50.2 Å². The molecule has 204 valence electrons. The molecule has 10 heteroatoms. The topological polar surface area (TPSA) is 117 Å². The molecule has 5 amide bonds. The third-order valence-electron chi connectivity index (χ3n) is 6.53. The number of hydrogen-bond donors (Lipinski definition) is 2. The number of urea groups is 1. The molecule has 0 aliphatic carbocycles. The van der Waals surface area contributed by atoms with Gasteiger partial charge in [-0.25, -0.2) is 4.79 Å². The maximum atomic E-state index is 13.3. The minimum atomic E-state index is -1.32. The smallest absolute Gasteiger partial charge is 0.325 e. The Labute approximate surface area is 226 Å². The highest BCUT2D eigenvalue weighted by Gasteiger charge is 2.49. The lowest BCUT2D eigenvalue weighted by Gasteiger charge is -2.23. The van der Waals surface area contributed by atoms with Crippen molar-refractivity contribution >= 4 is 40.2 Å². The Morgan fingerprint density at radius 2 is 1.64 bits per heavy atom. The number of ether oxygens (including phenoxy) is 2. The monoisotopic (exact) mass is 532 g/mol. The van der Waals surface area contributed by atoms with Crippen molar-refractivity contribution in [2.75, 3.05) is 38.7 Å². The molecule has 39 heavy (non-hydrogen) atoms. The number of imide groups is 1. The van der Waals surface area contributed by atoms with Crippen LogP contribution in [0.4, 0.5) is 10.5 Å². The Kier molecular flexibility index (Phi) is 8.04. The molecular weight excluding hydrogens is 500 g/mol. The SMILES string of the molecule is CCOc1ccc(NC(=O)CN(C)C(=O)CN2C(=O)N[C@@](C)(c3ccc4ccccc4c3)C2=O)cc1OCC. The lowest BCUT2D eigenvalue weighted by Crippen LogP contribution is -2.45. The maximum absolute atomic E-state index is 13.3. The normalized spacial score (nSPS) is 16.7. The number of fused-ring (bicyclic) bond motifs is 1. The zero-order chi connectivity index (χ0) is 28.2. The molecule has 0 bridgehead atoms. The fraction of sp³-hybridized carbons (Fsp3) is 0.310. The Bertz CT molecular complexity index is 1420. The number of amides is 5. The molecule has 3 aromatic carbocycles. The summed E-state index contributed by atoms with van der Waals surface area (Å²) in [4.78, 5) is 53.6. The largest absolute Gasteiger partial charge is 0.490 e. The minimum Gasteiger partial charge on any atom is -0.490 e. The zero-order valence-corrected chi connectivity index (χ0v) is 22.4. The van der Waals surface area contributed by atoms with E-state index in [9.17, 15) is 19.2 Å². The predicted molar refractivity (Wildman–Crippen MR) is 147 cm³/mol. The van der Waals surface area contributed by atoms with Crippen LogP contribution in [0.3, 0.4) is 0 Å². The first-order valence-electron chi connectivity index (χ1n) is 12.7. The number of nitrogens with one attached hydrogen (secondary N) is 2. The van der Waals surface area contributed by atoms with E-state index in [0.29, 0.717) is 36.0 Å². The van der Waals surface area contributed by atoms with E-state index in [1.165, 1.54) is 11.9 Å². The first kappa shape index (κ1) is 27.4. The van der Waals surface area contributed by atoms with Gasteiger partial charge in [0.25, 0.3) is 5.91 Å². The van der Waals surface area contributed by atoms with Crippen molar-refractivity contribution in [3.05, 3.63) is 66.2 Å². The molecule has 1 aliphatic heterocycles. The van der Waals surface area contributed by atoms with E-state index in [2.05, 4.69) is 10.6 Å². The van der Waals surface area contributed by atoms with Crippen LogP contribution < -0.4 is 20.1 Å². The van der Waals surface area contributed by atoms with Crippen molar-refractivity contribution in [3.8, 4) is 11.5 Å². The molecule has 1 heterocycles. The number of nitrogens with zero attached hydrogens (tertiary/aromatic N) is 2. The summed E-state index contributed by atoms with van der Waals surface area (Å²) >= 11 is 0. The second-order valence-electron chi connectivity index (χ2n) is 9.33. The van der Waals surface area contributed by atoms with Gasteiger partial charge in [-0.1, -0.05) is 36.4 Å². The third-order valence-corrected chi connectivity index (χ3v) is 6.53. The molecule has 0 spiro atoms. The standard InChI is InChI=1S/C29H32N4O6/c1-5-38-23-14-13-22(16-24(23)39-6-2)30-25(34)17-32(4)26(35)18-33-27(36)29(3,31-28(33)37)21-12-11-19-9-7-8-10-20(19)15-21/h7-16H,5-6,17-18H2,1-4H3,(H,30,34)(H,31,37)/t29-/m0/s1. The van der Waals surface area contributed by atoms with E-state index < -0.39 is 35.8 Å². The molecule has 1 atom stereocenters. The molecular formula is C29H32N4O6. The van der Waals surface area contributed by atoms with Crippen molar-refractivity contribution in [1.82, 2.24) is 15.1 Å². The van der Waals surface area contributed by atoms with Gasteiger partial charge in [-0.3, -0.25) is 19.3 Å². The van der Waals surface area contributed by atoms with Crippen molar-refractivity contribution in [3.63, 3.8) is 0 Å². The first-order chi connectivity index (χ1) is 18.7. The van der Waals surface area contributed by atoms with E-state index in [4.69, 9.17) is 9.47 Å². The molecule has 10 nitrogen and oxygen atoms in total. The van der Waals surface area contributed by atoms with Crippen LogP contribution in [0.5, 0.6) is 11.5 Å². The highest BCUT2D eigenvalue weighted by molar-refractivity contribution is 6.09. The van der Waals surface area contributed by atoms with Crippen LogP contribution in [0.15, 0.2) is 60.7 Å². The van der Waals surface area contributed by atoms with E-state index in [-0.39, 0.29) is 6.54 Å². The Morgan fingerprint density at radius 3 is 2.36 bits per heavy atom. The summed E-state index contributed by atoms with van der Waals surface area (Å²) in [5.41, 5.74) is -0.222. The summed E-state index contributed by atoms with van der Waals surface area (Å²) in [5, 5.41) is 7.39. The third kappa shape index (κ3) is 5.79. The average molecular weight is 533 g/mol. The van der Waals surface area contributed by atoms with Gasteiger partial charge in [-0.2, -0.15) is 0 Å². The van der Waals surface area contributed by atoms with Crippen LogP contribution >= 0.6 is 0 Å². The summed E-state index contributed by atoms with van der Waals surface area (Å²) in [5.74, 6) is -0.482. The Hall–Kier alpha value is -4.60. The van der Waals surface area contributed by atoms with Crippen LogP contribution in [-0.4, -0.2) is 66.9 Å². The van der Waals surface area contributed by atoms with Gasteiger partial charge in [0.1, 0.15) is 12.1 Å². The van der Waals surface area contributed by atoms with E-state index >= 15 is 0 Å². The van der Waals surface area contributed by atoms with Gasteiger partial charge in [-0.05, 0) is 55.3 Å². The first-order valence-corrected chi connectivity index (χ1v) is 12.7. The number of carbonyl (C=O) groups is 4. The summed E-state index contributed by atoms with van der Waals surface area (Å²) in [7, 11) is 1.44. The number of anilines is 1. The lowest BCUT2D eigenvalue weighted by atomic mass is 9.90. The van der Waals surface area contributed by atoms with Gasteiger partial charge < -0.3 is 25.0 Å². The predicted octanol–water partition coefficient (Wildman–Crippen LogP) is 3.50. The number of benzene rings is 3. The molecule has 0 radical (unpaired) electrons. The van der Waals surface area contributed by atoms with Gasteiger partial charge in [0.2, 0.25) is 11.8 Å². The minimum absolute atomic E-state index is 0.276. The summed E-state index contributed by atoms with van der Waals surface area (Å²) < 4.78 is 11.1. The van der Waals surface area contributed by atoms with Crippen molar-refractivity contribution in [2.45, 2.75) is 26.3 Å². The molecule has 3 aromatic rings. The van der Waals surface area contributed by atoms with Gasteiger partial charge in [0.15, 0.2) is 11.5 Å². The second kappa shape index (κ2) is 11.4. The number of rotatable bonds is 10. The summed E-state index contributed by atoms with van der Waals surface area (Å²) in [6.07, 6.45) is 0. The van der Waals surface area contributed by atoms with Crippen molar-refractivity contribution < 1.29 is 28.7 Å². The van der Waals surface area contributed by atoms with E-state index in [0.717, 1.165) is 15.7 Å². The summed E-state index contributed by atoms with van der Waals surface area (Å²) in [6.45, 7) is 5.46. The highest BCUT2D eigenvalue weighted by Crippen LogP contribution is 2.32.